The Morgan fingerprint density at radius 1 is 1.50 bits per heavy atom. The largest absolute Gasteiger partial charge is 0.363 e. The van der Waals surface area contributed by atoms with E-state index >= 15 is 0 Å². The number of pyridine rings is 1. The van der Waals surface area contributed by atoms with Crippen LogP contribution in [0.5, 0.6) is 0 Å². The quantitative estimate of drug-likeness (QED) is 0.572. The Kier molecular flexibility index (Phi) is 3.96. The van der Waals surface area contributed by atoms with Crippen LogP contribution in [0.25, 0.3) is 0 Å². The molecule has 9 heteroatoms. The highest BCUT2D eigenvalue weighted by Crippen LogP contribution is 2.32. The van der Waals surface area contributed by atoms with Crippen molar-refractivity contribution in [1.82, 2.24) is 9.29 Å². The summed E-state index contributed by atoms with van der Waals surface area (Å²) in [6, 6.07) is 4.06. The number of rotatable bonds is 6. The summed E-state index contributed by atoms with van der Waals surface area (Å²) in [4.78, 5) is 13.2. The van der Waals surface area contributed by atoms with Gasteiger partial charge in [-0.15, -0.1) is 0 Å². The Morgan fingerprint density at radius 2 is 2.20 bits per heavy atom. The van der Waals surface area contributed by atoms with Gasteiger partial charge in [-0.3, -0.25) is 0 Å². The maximum absolute atomic E-state index is 12.4. The van der Waals surface area contributed by atoms with E-state index < -0.39 is 20.8 Å². The van der Waals surface area contributed by atoms with Gasteiger partial charge in [-0.25, -0.2) is 8.42 Å². The molecular formula is C11H12N4O4S. The van der Waals surface area contributed by atoms with E-state index in [9.17, 15) is 18.5 Å². The van der Waals surface area contributed by atoms with Crippen LogP contribution in [-0.4, -0.2) is 35.2 Å². The van der Waals surface area contributed by atoms with Gasteiger partial charge in [-0.2, -0.15) is 9.57 Å². The minimum Gasteiger partial charge on any atom is -0.358 e. The van der Waals surface area contributed by atoms with Crippen molar-refractivity contribution in [2.75, 3.05) is 6.54 Å². The summed E-state index contributed by atoms with van der Waals surface area (Å²) in [6.07, 6.45) is 2.63. The maximum Gasteiger partial charge on any atom is 0.363 e. The second-order valence-corrected chi connectivity index (χ2v) is 6.25. The summed E-state index contributed by atoms with van der Waals surface area (Å²) >= 11 is 0. The number of hydrogen-bond donors (Lipinski definition) is 0. The van der Waals surface area contributed by atoms with Crippen LogP contribution in [-0.2, 0) is 10.0 Å². The second kappa shape index (κ2) is 5.52. The summed E-state index contributed by atoms with van der Waals surface area (Å²) in [7, 11) is -3.76. The molecule has 0 amide bonds. The zero-order valence-electron chi connectivity index (χ0n) is 10.5. The highest BCUT2D eigenvalue weighted by atomic mass is 32.2. The second-order valence-electron chi connectivity index (χ2n) is 4.36. The van der Waals surface area contributed by atoms with Crippen molar-refractivity contribution in [1.29, 1.82) is 5.26 Å². The van der Waals surface area contributed by atoms with Crippen LogP contribution >= 0.6 is 0 Å². The number of nitriles is 1. The lowest BCUT2D eigenvalue weighted by Crippen LogP contribution is -2.34. The molecule has 20 heavy (non-hydrogen) atoms. The monoisotopic (exact) mass is 296 g/mol. The van der Waals surface area contributed by atoms with Crippen LogP contribution in [0.4, 0.5) is 5.82 Å². The van der Waals surface area contributed by atoms with Gasteiger partial charge in [0.15, 0.2) is 6.20 Å². The van der Waals surface area contributed by atoms with Crippen LogP contribution < -0.4 is 0 Å². The Balaban J connectivity index is 2.27. The van der Waals surface area contributed by atoms with Gasteiger partial charge in [0.05, 0.1) is 6.07 Å². The average Bonchev–Trinajstić information content (AvgIpc) is 3.23. The smallest absolute Gasteiger partial charge is 0.358 e. The molecule has 0 N–H and O–H groups in total. The molecule has 8 nitrogen and oxygen atoms in total. The van der Waals surface area contributed by atoms with Crippen LogP contribution in [0.15, 0.2) is 23.2 Å². The fraction of sp³-hybridized carbons (Fsp3) is 0.455. The lowest BCUT2D eigenvalue weighted by Gasteiger charge is -2.19. The Bertz CT molecular complexity index is 646. The van der Waals surface area contributed by atoms with Gasteiger partial charge in [0.2, 0.25) is 10.0 Å². The van der Waals surface area contributed by atoms with Crippen LogP contribution in [0.3, 0.4) is 0 Å². The van der Waals surface area contributed by atoms with Gasteiger partial charge in [0.1, 0.15) is 4.90 Å². The standard InChI is InChI=1S/C11H12N4O4S/c12-6-1-7-14(9-2-3-9)20(18,19)10-4-5-11(13-8-10)15(16)17/h4-5,8-9H,1-3,7H2. The third kappa shape index (κ3) is 2.92. The topological polar surface area (TPSA) is 117 Å². The van der Waals surface area contributed by atoms with E-state index in [0.29, 0.717) is 0 Å². The lowest BCUT2D eigenvalue weighted by molar-refractivity contribution is -0.389. The van der Waals surface area contributed by atoms with Crippen molar-refractivity contribution < 1.29 is 13.3 Å². The number of hydrogen-bond acceptors (Lipinski definition) is 6. The van der Waals surface area contributed by atoms with Crippen molar-refractivity contribution in [3.63, 3.8) is 0 Å². The first-order valence-electron chi connectivity index (χ1n) is 5.96. The number of aromatic nitrogens is 1. The Morgan fingerprint density at radius 3 is 2.65 bits per heavy atom. The van der Waals surface area contributed by atoms with Gasteiger partial charge in [0.25, 0.3) is 0 Å². The molecule has 1 saturated carbocycles. The summed E-state index contributed by atoms with van der Waals surface area (Å²) < 4.78 is 26.1. The molecule has 2 rings (SSSR count). The summed E-state index contributed by atoms with van der Waals surface area (Å²) in [5.41, 5.74) is 0. The first-order chi connectivity index (χ1) is 9.46. The van der Waals surface area contributed by atoms with E-state index in [1.54, 1.807) is 0 Å². The van der Waals surface area contributed by atoms with Crippen molar-refractivity contribution in [3.8, 4) is 6.07 Å². The van der Waals surface area contributed by atoms with Crippen molar-refractivity contribution >= 4 is 15.8 Å². The third-order valence-electron chi connectivity index (χ3n) is 2.91. The molecule has 1 aromatic heterocycles. The van der Waals surface area contributed by atoms with E-state index in [-0.39, 0.29) is 23.9 Å². The molecule has 1 fully saturated rings. The normalized spacial score (nSPS) is 15.0. The van der Waals surface area contributed by atoms with E-state index in [1.807, 2.05) is 6.07 Å². The van der Waals surface area contributed by atoms with E-state index in [2.05, 4.69) is 4.98 Å². The minimum atomic E-state index is -3.76. The molecule has 1 aromatic rings. The predicted molar refractivity (Wildman–Crippen MR) is 68.0 cm³/mol. The van der Waals surface area contributed by atoms with Gasteiger partial charge >= 0.3 is 5.82 Å². The molecule has 0 unspecified atom stereocenters. The number of nitrogens with zero attached hydrogens (tertiary/aromatic N) is 4. The molecule has 106 valence electrons. The van der Waals surface area contributed by atoms with Crippen LogP contribution in [0.2, 0.25) is 0 Å². The van der Waals surface area contributed by atoms with Crippen molar-refractivity contribution in [3.05, 3.63) is 28.4 Å². The first-order valence-corrected chi connectivity index (χ1v) is 7.40. The SMILES string of the molecule is N#CCCN(C1CC1)S(=O)(=O)c1ccc([N+](=O)[O-])nc1. The first kappa shape index (κ1) is 14.4. The maximum atomic E-state index is 12.4. The highest BCUT2D eigenvalue weighted by molar-refractivity contribution is 7.89. The predicted octanol–water partition coefficient (Wildman–Crippen LogP) is 1.06. The molecule has 0 aromatic carbocycles. The minimum absolute atomic E-state index is 0.0801. The molecule has 0 spiro atoms. The Labute approximate surface area is 115 Å². The lowest BCUT2D eigenvalue weighted by atomic mass is 10.4. The summed E-state index contributed by atoms with van der Waals surface area (Å²) in [6.45, 7) is 0.125. The number of nitro groups is 1. The molecule has 0 atom stereocenters. The third-order valence-corrected chi connectivity index (χ3v) is 4.85. The number of sulfonamides is 1. The molecule has 0 aliphatic heterocycles. The van der Waals surface area contributed by atoms with E-state index in [4.69, 9.17) is 5.26 Å². The summed E-state index contributed by atoms with van der Waals surface area (Å²) in [5, 5.41) is 19.1. The van der Waals surface area contributed by atoms with Gasteiger partial charge < -0.3 is 10.1 Å². The van der Waals surface area contributed by atoms with E-state index in [1.165, 1.54) is 10.4 Å². The molecule has 1 aliphatic rings. The van der Waals surface area contributed by atoms with Crippen molar-refractivity contribution in [2.24, 2.45) is 0 Å². The average molecular weight is 296 g/mol. The fourth-order valence-corrected chi connectivity index (χ4v) is 3.42. The molecular weight excluding hydrogens is 284 g/mol. The molecule has 0 bridgehead atoms. The van der Waals surface area contributed by atoms with Gasteiger partial charge in [-0.1, -0.05) is 0 Å². The highest BCUT2D eigenvalue weighted by Gasteiger charge is 2.38. The Hall–Kier alpha value is -2.05. The molecule has 1 aliphatic carbocycles. The van der Waals surface area contributed by atoms with E-state index in [0.717, 1.165) is 25.1 Å². The van der Waals surface area contributed by atoms with Crippen LogP contribution in [0, 0.1) is 21.4 Å². The molecule has 0 saturated heterocycles. The molecule has 0 radical (unpaired) electrons. The zero-order chi connectivity index (χ0) is 14.8. The van der Waals surface area contributed by atoms with Crippen molar-refractivity contribution in [2.45, 2.75) is 30.2 Å². The summed E-state index contributed by atoms with van der Waals surface area (Å²) in [5.74, 6) is -0.404. The molecule has 1 heterocycles. The zero-order valence-corrected chi connectivity index (χ0v) is 11.3. The van der Waals surface area contributed by atoms with Gasteiger partial charge in [-0.05, 0) is 28.8 Å². The van der Waals surface area contributed by atoms with Gasteiger partial charge in [0, 0.05) is 25.1 Å². The van der Waals surface area contributed by atoms with Crippen LogP contribution in [0.1, 0.15) is 19.3 Å². The fourth-order valence-electron chi connectivity index (χ4n) is 1.79.